The van der Waals surface area contributed by atoms with Crippen LogP contribution in [0.15, 0.2) is 29.4 Å². The fourth-order valence-corrected chi connectivity index (χ4v) is 1.75. The summed E-state index contributed by atoms with van der Waals surface area (Å²) >= 11 is 0. The molecule has 80 valence electrons. The molecule has 1 N–H and O–H groups in total. The first-order valence-corrected chi connectivity index (χ1v) is 4.80. The van der Waals surface area contributed by atoms with E-state index in [1.54, 1.807) is 18.0 Å². The van der Waals surface area contributed by atoms with Crippen LogP contribution >= 0.6 is 0 Å². The first kappa shape index (κ1) is 13.2. The summed E-state index contributed by atoms with van der Waals surface area (Å²) in [6.07, 6.45) is 0.789. The van der Waals surface area contributed by atoms with Crippen LogP contribution < -0.4 is 29.6 Å². The number of carbonyl (C=O) groups is 1. The number of amides is 1. The van der Waals surface area contributed by atoms with Crippen molar-refractivity contribution in [2.45, 2.75) is 6.42 Å². The van der Waals surface area contributed by atoms with E-state index in [0.717, 1.165) is 17.5 Å². The second kappa shape index (κ2) is 5.48. The van der Waals surface area contributed by atoms with E-state index in [0.29, 0.717) is 6.54 Å². The molecule has 0 unspecified atom stereocenters. The molecule has 2 rings (SSSR count). The van der Waals surface area contributed by atoms with Crippen LogP contribution in [0.5, 0.6) is 0 Å². The van der Waals surface area contributed by atoms with Gasteiger partial charge in [-0.1, -0.05) is 29.4 Å². The van der Waals surface area contributed by atoms with Crippen molar-refractivity contribution in [1.82, 2.24) is 4.90 Å². The maximum atomic E-state index is 11.8. The number of oxime groups is 1. The molecule has 0 spiro atoms. The largest absolute Gasteiger partial charge is 1.00 e. The summed E-state index contributed by atoms with van der Waals surface area (Å²) in [6.45, 7) is 0.648. The van der Waals surface area contributed by atoms with Crippen LogP contribution in [0.2, 0.25) is 0 Å². The Bertz CT molecular complexity index is 437. The molecule has 1 aromatic carbocycles. The molecule has 1 aliphatic heterocycles. The quantitative estimate of drug-likeness (QED) is 0.317. The molecule has 0 bridgehead atoms. The van der Waals surface area contributed by atoms with Gasteiger partial charge >= 0.3 is 29.6 Å². The summed E-state index contributed by atoms with van der Waals surface area (Å²) in [5.74, 6) is -0.234. The fourth-order valence-electron chi connectivity index (χ4n) is 1.75. The first-order chi connectivity index (χ1) is 7.24. The summed E-state index contributed by atoms with van der Waals surface area (Å²) in [4.78, 5) is 13.3. The molecule has 0 saturated carbocycles. The number of carbonyl (C=O) groups excluding carboxylic acids is 1. The van der Waals surface area contributed by atoms with Crippen molar-refractivity contribution in [3.05, 3.63) is 35.4 Å². The number of benzene rings is 1. The minimum absolute atomic E-state index is 0. The third kappa shape index (κ3) is 2.29. The zero-order valence-electron chi connectivity index (χ0n) is 10.5. The van der Waals surface area contributed by atoms with Crippen LogP contribution in [-0.2, 0) is 11.2 Å². The molecule has 0 aliphatic carbocycles. The zero-order valence-corrected chi connectivity index (χ0v) is 11.5. The van der Waals surface area contributed by atoms with Gasteiger partial charge in [-0.2, -0.15) is 0 Å². The second-order valence-corrected chi connectivity index (χ2v) is 3.58. The van der Waals surface area contributed by atoms with E-state index in [1.807, 2.05) is 18.2 Å². The van der Waals surface area contributed by atoms with Crippen LogP contribution in [-0.4, -0.2) is 35.3 Å². The summed E-state index contributed by atoms with van der Waals surface area (Å²) in [5, 5.41) is 12.0. The Labute approximate surface area is 118 Å². The van der Waals surface area contributed by atoms with E-state index < -0.39 is 0 Å². The van der Waals surface area contributed by atoms with Gasteiger partial charge in [-0.05, 0) is 12.0 Å². The van der Waals surface area contributed by atoms with Crippen molar-refractivity contribution in [3.8, 4) is 0 Å². The number of fused-ring (bicyclic) bond motifs is 1. The van der Waals surface area contributed by atoms with Crippen molar-refractivity contribution < 1.29 is 41.0 Å². The van der Waals surface area contributed by atoms with E-state index in [-0.39, 0.29) is 42.6 Å². The first-order valence-electron chi connectivity index (χ1n) is 4.80. The molecule has 1 aromatic rings. The average Bonchev–Trinajstić information content (AvgIpc) is 2.38. The van der Waals surface area contributed by atoms with Crippen molar-refractivity contribution in [2.75, 3.05) is 13.6 Å². The molecule has 5 heteroatoms. The van der Waals surface area contributed by atoms with Crippen LogP contribution in [0.25, 0.3) is 0 Å². The topological polar surface area (TPSA) is 52.9 Å². The summed E-state index contributed by atoms with van der Waals surface area (Å²) in [6, 6.07) is 7.51. The molecule has 1 aliphatic rings. The Morgan fingerprint density at radius 2 is 2.12 bits per heavy atom. The van der Waals surface area contributed by atoms with Gasteiger partial charge in [0.1, 0.15) is 0 Å². The smallest absolute Gasteiger partial charge is 1.00 e. The van der Waals surface area contributed by atoms with Crippen molar-refractivity contribution >= 4 is 11.6 Å². The van der Waals surface area contributed by atoms with Gasteiger partial charge in [0.2, 0.25) is 0 Å². The van der Waals surface area contributed by atoms with Crippen LogP contribution in [0.3, 0.4) is 0 Å². The summed E-state index contributed by atoms with van der Waals surface area (Å²) in [7, 11) is 1.71. The third-order valence-electron chi connectivity index (χ3n) is 2.64. The van der Waals surface area contributed by atoms with Gasteiger partial charge in [0.15, 0.2) is 5.71 Å². The van der Waals surface area contributed by atoms with Crippen molar-refractivity contribution in [1.29, 1.82) is 0 Å². The standard InChI is InChI=1S/C11H12N2O2.Na.H/c1-13-7-6-8-4-2-3-5-9(8)10(12-15)11(13)14;;/h2-5,15H,6-7H2,1H3;;/q;+1;-1/b12-10-;;. The molecule has 0 atom stereocenters. The van der Waals surface area contributed by atoms with Crippen molar-refractivity contribution in [2.24, 2.45) is 5.16 Å². The minimum Gasteiger partial charge on any atom is -1.00 e. The van der Waals surface area contributed by atoms with Gasteiger partial charge in [0.25, 0.3) is 5.91 Å². The molecule has 1 heterocycles. The van der Waals surface area contributed by atoms with Gasteiger partial charge in [0.05, 0.1) is 0 Å². The molecule has 0 radical (unpaired) electrons. The molecule has 1 amide bonds. The predicted octanol–water partition coefficient (Wildman–Crippen LogP) is -2.00. The minimum atomic E-state index is -0.234. The maximum Gasteiger partial charge on any atom is 1.00 e. The normalized spacial score (nSPS) is 17.7. The number of nitrogens with zero attached hydrogens (tertiary/aromatic N) is 2. The predicted molar refractivity (Wildman–Crippen MR) is 57.2 cm³/mol. The Hall–Kier alpha value is -0.840. The summed E-state index contributed by atoms with van der Waals surface area (Å²) < 4.78 is 0. The van der Waals surface area contributed by atoms with E-state index in [1.165, 1.54) is 0 Å². The number of hydrogen-bond donors (Lipinski definition) is 1. The van der Waals surface area contributed by atoms with Gasteiger partial charge in [-0.25, -0.2) is 0 Å². The van der Waals surface area contributed by atoms with Gasteiger partial charge in [-0.3, -0.25) is 4.79 Å². The average molecular weight is 228 g/mol. The van der Waals surface area contributed by atoms with E-state index >= 15 is 0 Å². The molecule has 0 fully saturated rings. The Morgan fingerprint density at radius 3 is 2.81 bits per heavy atom. The number of rotatable bonds is 0. The molecule has 16 heavy (non-hydrogen) atoms. The molecular formula is C11H13N2NaO2. The van der Waals surface area contributed by atoms with Gasteiger partial charge < -0.3 is 11.5 Å². The zero-order chi connectivity index (χ0) is 10.8. The second-order valence-electron chi connectivity index (χ2n) is 3.58. The van der Waals surface area contributed by atoms with E-state index in [4.69, 9.17) is 5.21 Å². The van der Waals surface area contributed by atoms with E-state index in [9.17, 15) is 4.79 Å². The van der Waals surface area contributed by atoms with Gasteiger partial charge in [0, 0.05) is 19.2 Å². The third-order valence-corrected chi connectivity index (χ3v) is 2.64. The number of hydrogen-bond acceptors (Lipinski definition) is 3. The Kier molecular flexibility index (Phi) is 4.53. The molecule has 0 saturated heterocycles. The van der Waals surface area contributed by atoms with Crippen LogP contribution in [0.1, 0.15) is 12.6 Å². The van der Waals surface area contributed by atoms with E-state index in [2.05, 4.69) is 5.16 Å². The van der Waals surface area contributed by atoms with Crippen LogP contribution in [0.4, 0.5) is 0 Å². The SMILES string of the molecule is CN1CCc2ccccc2/C(=N/O)C1=O.[H-].[Na+]. The van der Waals surface area contributed by atoms with Gasteiger partial charge in [-0.15, -0.1) is 0 Å². The summed E-state index contributed by atoms with van der Waals surface area (Å²) in [5.41, 5.74) is 1.91. The van der Waals surface area contributed by atoms with Crippen molar-refractivity contribution in [3.63, 3.8) is 0 Å². The molecule has 0 aromatic heterocycles. The molecule has 4 nitrogen and oxygen atoms in total. The fraction of sp³-hybridized carbons (Fsp3) is 0.273. The van der Waals surface area contributed by atoms with Crippen LogP contribution in [0, 0.1) is 0 Å². The monoisotopic (exact) mass is 228 g/mol. The Morgan fingerprint density at radius 1 is 1.44 bits per heavy atom. The Balaban J connectivity index is 0.00000128. The maximum absolute atomic E-state index is 11.8. The molecular weight excluding hydrogens is 215 g/mol. The number of likely N-dealkylation sites (N-methyl/N-ethyl adjacent to an activating group) is 1.